The SMILES string of the molecule is C/C=C\C.Cc1c(CNc2nc3nccn3c3ccccc23)cccc1S(C)(=O)=O. The summed E-state index contributed by atoms with van der Waals surface area (Å²) in [7, 11) is -3.25. The van der Waals surface area contributed by atoms with E-state index in [-0.39, 0.29) is 0 Å². The topological polar surface area (TPSA) is 76.4 Å². The summed E-state index contributed by atoms with van der Waals surface area (Å²) < 4.78 is 25.8. The molecule has 2 aromatic heterocycles. The molecule has 0 amide bonds. The molecule has 0 spiro atoms. The highest BCUT2D eigenvalue weighted by atomic mass is 32.2. The molecule has 0 aliphatic carbocycles. The van der Waals surface area contributed by atoms with Crippen molar-refractivity contribution < 1.29 is 8.42 Å². The lowest BCUT2D eigenvalue weighted by atomic mass is 10.1. The zero-order valence-electron chi connectivity index (χ0n) is 17.6. The third-order valence-corrected chi connectivity index (χ3v) is 6.07. The first-order valence-electron chi connectivity index (χ1n) is 9.68. The van der Waals surface area contributed by atoms with Crippen LogP contribution in [-0.2, 0) is 16.4 Å². The molecule has 1 N–H and O–H groups in total. The number of hydrogen-bond donors (Lipinski definition) is 1. The first-order valence-corrected chi connectivity index (χ1v) is 11.6. The summed E-state index contributed by atoms with van der Waals surface area (Å²) in [5.74, 6) is 1.34. The predicted octanol–water partition coefficient (Wildman–Crippen LogP) is 4.79. The fraction of sp³-hybridized carbons (Fsp3) is 0.217. The van der Waals surface area contributed by atoms with E-state index in [0.29, 0.717) is 17.2 Å². The van der Waals surface area contributed by atoms with Crippen molar-refractivity contribution in [3.05, 3.63) is 78.1 Å². The van der Waals surface area contributed by atoms with Gasteiger partial charge in [-0.15, -0.1) is 0 Å². The molecule has 6 nitrogen and oxygen atoms in total. The molecule has 2 heterocycles. The van der Waals surface area contributed by atoms with Gasteiger partial charge in [-0.1, -0.05) is 36.4 Å². The average Bonchev–Trinajstić information content (AvgIpc) is 3.21. The molecule has 0 aliphatic heterocycles. The number of rotatable bonds is 4. The summed E-state index contributed by atoms with van der Waals surface area (Å²) in [6.45, 7) is 6.31. The van der Waals surface area contributed by atoms with Gasteiger partial charge < -0.3 is 5.32 Å². The number of imidazole rings is 1. The van der Waals surface area contributed by atoms with Gasteiger partial charge in [-0.3, -0.25) is 4.40 Å². The zero-order chi connectivity index (χ0) is 21.7. The summed E-state index contributed by atoms with van der Waals surface area (Å²) in [6, 6.07) is 13.3. The molecule has 0 radical (unpaired) electrons. The van der Waals surface area contributed by atoms with E-state index >= 15 is 0 Å². The van der Waals surface area contributed by atoms with Crippen molar-refractivity contribution in [2.45, 2.75) is 32.2 Å². The highest BCUT2D eigenvalue weighted by Crippen LogP contribution is 2.24. The van der Waals surface area contributed by atoms with E-state index in [9.17, 15) is 8.42 Å². The van der Waals surface area contributed by atoms with Gasteiger partial charge in [0.05, 0.1) is 10.4 Å². The molecule has 30 heavy (non-hydrogen) atoms. The number of nitrogens with one attached hydrogen (secondary N) is 1. The number of sulfone groups is 1. The van der Waals surface area contributed by atoms with Crippen LogP contribution in [0.3, 0.4) is 0 Å². The molecular weight excluding hydrogens is 396 g/mol. The Hall–Kier alpha value is -3.19. The maximum atomic E-state index is 11.9. The van der Waals surface area contributed by atoms with Crippen LogP contribution in [0.1, 0.15) is 25.0 Å². The monoisotopic (exact) mass is 422 g/mol. The Labute approximate surface area is 177 Å². The van der Waals surface area contributed by atoms with E-state index in [2.05, 4.69) is 15.3 Å². The standard InChI is InChI=1S/C19H18N4O2S.C4H8/c1-13-14(6-5-9-17(13)26(2,24)25)12-21-18-15-7-3-4-8-16(15)23-11-10-20-19(23)22-18;1-3-4-2/h3-11H,12H2,1-2H3,(H,20,21,22);3-4H,1-2H3/b;4-3-. The molecule has 4 aromatic rings. The summed E-state index contributed by atoms with van der Waals surface area (Å²) in [6.07, 6.45) is 8.83. The minimum Gasteiger partial charge on any atom is -0.365 e. The Morgan fingerprint density at radius 1 is 1.07 bits per heavy atom. The molecule has 4 rings (SSSR count). The van der Waals surface area contributed by atoms with Crippen molar-refractivity contribution in [2.75, 3.05) is 11.6 Å². The number of aromatic nitrogens is 3. The highest BCUT2D eigenvalue weighted by molar-refractivity contribution is 7.90. The lowest BCUT2D eigenvalue weighted by Gasteiger charge is -2.13. The van der Waals surface area contributed by atoms with Crippen molar-refractivity contribution in [1.82, 2.24) is 14.4 Å². The number of allylic oxidation sites excluding steroid dienone is 2. The zero-order valence-corrected chi connectivity index (χ0v) is 18.4. The van der Waals surface area contributed by atoms with Crippen LogP contribution in [0.15, 0.2) is 71.9 Å². The Morgan fingerprint density at radius 2 is 1.80 bits per heavy atom. The fourth-order valence-electron chi connectivity index (χ4n) is 3.18. The number of anilines is 1. The number of benzene rings is 2. The van der Waals surface area contributed by atoms with Gasteiger partial charge in [0.25, 0.3) is 0 Å². The lowest BCUT2D eigenvalue weighted by Crippen LogP contribution is -2.08. The molecule has 0 saturated heterocycles. The molecule has 0 aliphatic rings. The van der Waals surface area contributed by atoms with E-state index in [1.807, 2.05) is 73.9 Å². The second kappa shape index (κ2) is 9.09. The molecule has 2 aromatic carbocycles. The molecule has 0 saturated carbocycles. The number of para-hydroxylation sites is 1. The summed E-state index contributed by atoms with van der Waals surface area (Å²) >= 11 is 0. The van der Waals surface area contributed by atoms with E-state index < -0.39 is 9.84 Å². The second-order valence-electron chi connectivity index (χ2n) is 6.91. The predicted molar refractivity (Wildman–Crippen MR) is 123 cm³/mol. The molecule has 0 bridgehead atoms. The third kappa shape index (κ3) is 4.52. The van der Waals surface area contributed by atoms with Gasteiger partial charge in [0, 0.05) is 30.6 Å². The van der Waals surface area contributed by atoms with Crippen molar-refractivity contribution in [3.63, 3.8) is 0 Å². The van der Waals surface area contributed by atoms with Crippen LogP contribution in [0.5, 0.6) is 0 Å². The number of fused-ring (bicyclic) bond motifs is 3. The van der Waals surface area contributed by atoms with Gasteiger partial charge in [-0.2, -0.15) is 4.98 Å². The number of hydrogen-bond acceptors (Lipinski definition) is 5. The van der Waals surface area contributed by atoms with Crippen LogP contribution in [0.2, 0.25) is 0 Å². The Morgan fingerprint density at radius 3 is 2.50 bits per heavy atom. The normalized spacial score (nSPS) is 11.6. The number of nitrogens with zero attached hydrogens (tertiary/aromatic N) is 3. The summed E-state index contributed by atoms with van der Waals surface area (Å²) in [5.41, 5.74) is 2.69. The summed E-state index contributed by atoms with van der Waals surface area (Å²) in [4.78, 5) is 9.24. The van der Waals surface area contributed by atoms with Crippen LogP contribution in [0, 0.1) is 6.92 Å². The smallest absolute Gasteiger partial charge is 0.236 e. The van der Waals surface area contributed by atoms with Gasteiger partial charge in [0.15, 0.2) is 9.84 Å². The average molecular weight is 423 g/mol. The van der Waals surface area contributed by atoms with Crippen molar-refractivity contribution >= 4 is 32.3 Å². The largest absolute Gasteiger partial charge is 0.365 e. The van der Waals surface area contributed by atoms with Crippen LogP contribution in [0.4, 0.5) is 5.82 Å². The highest BCUT2D eigenvalue weighted by Gasteiger charge is 2.14. The lowest BCUT2D eigenvalue weighted by molar-refractivity contribution is 0.601. The van der Waals surface area contributed by atoms with Crippen LogP contribution < -0.4 is 5.32 Å². The van der Waals surface area contributed by atoms with Crippen LogP contribution in [-0.4, -0.2) is 29.0 Å². The van der Waals surface area contributed by atoms with Crippen molar-refractivity contribution in [2.24, 2.45) is 0 Å². The molecule has 0 fully saturated rings. The van der Waals surface area contributed by atoms with Crippen LogP contribution >= 0.6 is 0 Å². The van der Waals surface area contributed by atoms with E-state index in [1.165, 1.54) is 6.26 Å². The minimum absolute atomic E-state index is 0.360. The molecule has 0 unspecified atom stereocenters. The van der Waals surface area contributed by atoms with Gasteiger partial charge in [0.2, 0.25) is 5.78 Å². The van der Waals surface area contributed by atoms with Gasteiger partial charge in [-0.25, -0.2) is 13.4 Å². The van der Waals surface area contributed by atoms with E-state index in [0.717, 1.165) is 27.8 Å². The molecule has 0 atom stereocenters. The van der Waals surface area contributed by atoms with Crippen molar-refractivity contribution in [1.29, 1.82) is 0 Å². The maximum Gasteiger partial charge on any atom is 0.236 e. The quantitative estimate of drug-likeness (QED) is 0.479. The van der Waals surface area contributed by atoms with Crippen LogP contribution in [0.25, 0.3) is 16.7 Å². The molecular formula is C23H26N4O2S. The Kier molecular flexibility index (Phi) is 6.52. The van der Waals surface area contributed by atoms with E-state index in [4.69, 9.17) is 0 Å². The first-order chi connectivity index (χ1) is 14.4. The van der Waals surface area contributed by atoms with Gasteiger partial charge in [-0.05, 0) is 50.1 Å². The van der Waals surface area contributed by atoms with Crippen molar-refractivity contribution in [3.8, 4) is 0 Å². The molecule has 156 valence electrons. The van der Waals surface area contributed by atoms with Gasteiger partial charge >= 0.3 is 0 Å². The Balaban J connectivity index is 0.000000589. The fourth-order valence-corrected chi connectivity index (χ4v) is 4.19. The Bertz CT molecular complexity index is 1300. The molecule has 7 heteroatoms. The van der Waals surface area contributed by atoms with E-state index in [1.54, 1.807) is 18.3 Å². The minimum atomic E-state index is -3.25. The first kappa shape index (κ1) is 21.5. The second-order valence-corrected chi connectivity index (χ2v) is 8.89. The third-order valence-electron chi connectivity index (χ3n) is 4.83. The summed E-state index contributed by atoms with van der Waals surface area (Å²) in [5, 5.41) is 4.33. The maximum absolute atomic E-state index is 11.9. The van der Waals surface area contributed by atoms with Gasteiger partial charge in [0.1, 0.15) is 5.82 Å².